The molecular formula is C23H24F2N6O3. The topological polar surface area (TPSA) is 113 Å². The predicted octanol–water partition coefficient (Wildman–Crippen LogP) is 2.89. The summed E-state index contributed by atoms with van der Waals surface area (Å²) in [6.45, 7) is 3.35. The number of hydrogen-bond donors (Lipinski definition) is 2. The maximum Gasteiger partial charge on any atom is 0.183 e. The number of aromatic nitrogens is 5. The van der Waals surface area contributed by atoms with Gasteiger partial charge in [0.1, 0.15) is 23.5 Å². The molecular weight excluding hydrogens is 446 g/mol. The Morgan fingerprint density at radius 3 is 2.41 bits per heavy atom. The molecule has 2 atom stereocenters. The van der Waals surface area contributed by atoms with E-state index in [1.807, 2.05) is 0 Å². The van der Waals surface area contributed by atoms with Crippen LogP contribution >= 0.6 is 0 Å². The van der Waals surface area contributed by atoms with Gasteiger partial charge in [0, 0.05) is 24.7 Å². The van der Waals surface area contributed by atoms with Crippen LogP contribution in [0.4, 0.5) is 14.6 Å². The molecule has 0 saturated carbocycles. The average molecular weight is 470 g/mol. The number of benzene rings is 1. The zero-order valence-corrected chi connectivity index (χ0v) is 18.6. The molecule has 0 aliphatic rings. The van der Waals surface area contributed by atoms with Crippen LogP contribution in [0.3, 0.4) is 0 Å². The lowest BCUT2D eigenvalue weighted by Gasteiger charge is -2.26. The third-order valence-corrected chi connectivity index (χ3v) is 4.98. The molecule has 0 saturated heterocycles. The van der Waals surface area contributed by atoms with Gasteiger partial charge in [-0.25, -0.2) is 18.7 Å². The van der Waals surface area contributed by atoms with Gasteiger partial charge in [-0.05, 0) is 26.0 Å². The van der Waals surface area contributed by atoms with Crippen LogP contribution in [0.2, 0.25) is 0 Å². The van der Waals surface area contributed by atoms with Crippen molar-refractivity contribution in [3.63, 3.8) is 0 Å². The van der Waals surface area contributed by atoms with Crippen LogP contribution in [0.1, 0.15) is 19.4 Å². The molecule has 0 bridgehead atoms. The lowest BCUT2D eigenvalue weighted by molar-refractivity contribution is 0.177. The van der Waals surface area contributed by atoms with Gasteiger partial charge in [-0.2, -0.15) is 5.10 Å². The summed E-state index contributed by atoms with van der Waals surface area (Å²) in [6.07, 6.45) is 0.859. The highest BCUT2D eigenvalue weighted by Crippen LogP contribution is 2.27. The Morgan fingerprint density at radius 1 is 1.03 bits per heavy atom. The van der Waals surface area contributed by atoms with Gasteiger partial charge in [-0.1, -0.05) is 23.4 Å². The first kappa shape index (κ1) is 23.5. The van der Waals surface area contributed by atoms with E-state index >= 15 is 0 Å². The monoisotopic (exact) mass is 470 g/mol. The molecule has 3 heterocycles. The molecule has 2 unspecified atom stereocenters. The zero-order chi connectivity index (χ0) is 24.2. The lowest BCUT2D eigenvalue weighted by Crippen LogP contribution is -2.37. The Kier molecular flexibility index (Phi) is 6.94. The fourth-order valence-electron chi connectivity index (χ4n) is 3.57. The van der Waals surface area contributed by atoms with Gasteiger partial charge in [-0.3, -0.25) is 4.68 Å². The van der Waals surface area contributed by atoms with E-state index < -0.39 is 18.0 Å². The second kappa shape index (κ2) is 10.1. The highest BCUT2D eigenvalue weighted by Gasteiger charge is 2.22. The molecule has 178 valence electrons. The summed E-state index contributed by atoms with van der Waals surface area (Å²) in [4.78, 5) is 9.86. The average Bonchev–Trinajstić information content (AvgIpc) is 3.45. The van der Waals surface area contributed by atoms with Gasteiger partial charge in [0.25, 0.3) is 0 Å². The number of halogens is 2. The van der Waals surface area contributed by atoms with Gasteiger partial charge in [-0.15, -0.1) is 0 Å². The summed E-state index contributed by atoms with van der Waals surface area (Å²) in [5.41, 5.74) is 1.74. The zero-order valence-electron chi connectivity index (χ0n) is 18.6. The lowest BCUT2D eigenvalue weighted by atomic mass is 10.2. The quantitative estimate of drug-likeness (QED) is 0.384. The summed E-state index contributed by atoms with van der Waals surface area (Å²) >= 11 is 0. The molecule has 0 aliphatic heterocycles. The molecule has 0 fully saturated rings. The molecule has 4 aromatic rings. The van der Waals surface area contributed by atoms with Crippen LogP contribution in [0.5, 0.6) is 0 Å². The highest BCUT2D eigenvalue weighted by molar-refractivity contribution is 5.63. The third-order valence-electron chi connectivity index (χ3n) is 4.98. The summed E-state index contributed by atoms with van der Waals surface area (Å²) in [7, 11) is 0. The second-order valence-electron chi connectivity index (χ2n) is 8.02. The standard InChI is InChI=1S/C23H24F2N6O3/c1-14(32)11-30(12-15(2)33)23-18(25)10-26-22(27-23)20-9-21(19-7-8-34-29-19)31(28-20)13-16-5-3-4-6-17(16)24/h3-10,14-15,32-33H,11-13H2,1-2H3. The van der Waals surface area contributed by atoms with Crippen molar-refractivity contribution in [2.75, 3.05) is 18.0 Å². The first-order valence-corrected chi connectivity index (χ1v) is 10.7. The molecule has 2 N–H and O–H groups in total. The number of hydrogen-bond acceptors (Lipinski definition) is 8. The smallest absolute Gasteiger partial charge is 0.183 e. The number of nitrogens with zero attached hydrogens (tertiary/aromatic N) is 6. The van der Waals surface area contributed by atoms with Crippen molar-refractivity contribution >= 4 is 5.82 Å². The Morgan fingerprint density at radius 2 is 1.76 bits per heavy atom. The van der Waals surface area contributed by atoms with Crippen molar-refractivity contribution in [3.8, 4) is 22.9 Å². The summed E-state index contributed by atoms with van der Waals surface area (Å²) in [5, 5.41) is 28.1. The Balaban J connectivity index is 1.76. The Labute approximate surface area is 194 Å². The third kappa shape index (κ3) is 5.26. The van der Waals surface area contributed by atoms with E-state index in [-0.39, 0.29) is 37.1 Å². The van der Waals surface area contributed by atoms with Crippen molar-refractivity contribution in [3.05, 3.63) is 66.1 Å². The Hall–Kier alpha value is -3.70. The van der Waals surface area contributed by atoms with Crippen LogP contribution in [0.25, 0.3) is 22.9 Å². The Bertz CT molecular complexity index is 1230. The van der Waals surface area contributed by atoms with Crippen molar-refractivity contribution in [1.29, 1.82) is 0 Å². The van der Waals surface area contributed by atoms with Crippen molar-refractivity contribution in [2.24, 2.45) is 0 Å². The van der Waals surface area contributed by atoms with E-state index in [9.17, 15) is 19.0 Å². The van der Waals surface area contributed by atoms with Gasteiger partial charge in [0.05, 0.1) is 30.6 Å². The maximum absolute atomic E-state index is 14.7. The molecule has 9 nitrogen and oxygen atoms in total. The molecule has 3 aromatic heterocycles. The molecule has 34 heavy (non-hydrogen) atoms. The minimum atomic E-state index is -0.782. The summed E-state index contributed by atoms with van der Waals surface area (Å²) in [6, 6.07) is 9.65. The van der Waals surface area contributed by atoms with Gasteiger partial charge in [0.2, 0.25) is 0 Å². The predicted molar refractivity (Wildman–Crippen MR) is 120 cm³/mol. The summed E-state index contributed by atoms with van der Waals surface area (Å²) in [5.74, 6) is -1.03. The number of aliphatic hydroxyl groups is 2. The molecule has 0 radical (unpaired) electrons. The second-order valence-corrected chi connectivity index (χ2v) is 8.02. The molecule has 4 rings (SSSR count). The molecule has 1 aromatic carbocycles. The minimum absolute atomic E-state index is 0.0597. The highest BCUT2D eigenvalue weighted by atomic mass is 19.1. The van der Waals surface area contributed by atoms with Crippen LogP contribution in [-0.4, -0.2) is 60.4 Å². The van der Waals surface area contributed by atoms with Crippen LogP contribution in [0.15, 0.2) is 53.4 Å². The van der Waals surface area contributed by atoms with Crippen molar-refractivity contribution in [1.82, 2.24) is 24.9 Å². The van der Waals surface area contributed by atoms with E-state index in [1.54, 1.807) is 48.9 Å². The normalized spacial score (nSPS) is 13.1. The minimum Gasteiger partial charge on any atom is -0.392 e. The maximum atomic E-state index is 14.7. The van der Waals surface area contributed by atoms with E-state index in [0.29, 0.717) is 22.6 Å². The fourth-order valence-corrected chi connectivity index (χ4v) is 3.57. The van der Waals surface area contributed by atoms with Gasteiger partial charge >= 0.3 is 0 Å². The van der Waals surface area contributed by atoms with Crippen molar-refractivity contribution in [2.45, 2.75) is 32.6 Å². The molecule has 0 aliphatic carbocycles. The number of aliphatic hydroxyl groups excluding tert-OH is 2. The van der Waals surface area contributed by atoms with E-state index in [0.717, 1.165) is 6.20 Å². The largest absolute Gasteiger partial charge is 0.392 e. The number of anilines is 1. The van der Waals surface area contributed by atoms with Crippen LogP contribution in [0, 0.1) is 11.6 Å². The van der Waals surface area contributed by atoms with Crippen LogP contribution in [-0.2, 0) is 6.54 Å². The number of rotatable bonds is 9. The first-order valence-electron chi connectivity index (χ1n) is 10.7. The summed E-state index contributed by atoms with van der Waals surface area (Å²) < 4.78 is 35.4. The van der Waals surface area contributed by atoms with Crippen molar-refractivity contribution < 1.29 is 23.5 Å². The van der Waals surface area contributed by atoms with E-state index in [1.165, 1.54) is 17.2 Å². The van der Waals surface area contributed by atoms with E-state index in [4.69, 9.17) is 4.52 Å². The molecule has 11 heteroatoms. The first-order chi connectivity index (χ1) is 16.3. The van der Waals surface area contributed by atoms with Gasteiger partial charge < -0.3 is 19.6 Å². The van der Waals surface area contributed by atoms with Crippen LogP contribution < -0.4 is 4.90 Å². The molecule has 0 spiro atoms. The fraction of sp³-hybridized carbons (Fsp3) is 0.304. The molecule has 0 amide bonds. The van der Waals surface area contributed by atoms with Gasteiger partial charge in [0.15, 0.2) is 17.5 Å². The van der Waals surface area contributed by atoms with E-state index in [2.05, 4.69) is 20.2 Å². The SMILES string of the molecule is CC(O)CN(CC(C)O)c1nc(-c2cc(-c3ccon3)n(Cc3ccccc3F)n2)ncc1F.